The molecule has 1 unspecified atom stereocenters. The molecule has 0 aliphatic carbocycles. The molecule has 4 nitrogen and oxygen atoms in total. The van der Waals surface area contributed by atoms with Crippen molar-refractivity contribution in [3.63, 3.8) is 0 Å². The molecule has 2 aromatic rings. The zero-order chi connectivity index (χ0) is 15.4. The van der Waals surface area contributed by atoms with Gasteiger partial charge in [-0.3, -0.25) is 4.79 Å². The number of hydrogen-bond acceptors (Lipinski definition) is 3. The summed E-state index contributed by atoms with van der Waals surface area (Å²) in [6, 6.07) is 12.6. The van der Waals surface area contributed by atoms with Gasteiger partial charge in [0.15, 0.2) is 0 Å². The number of ether oxygens (including phenoxy) is 1. The molecule has 1 amide bonds. The van der Waals surface area contributed by atoms with E-state index in [2.05, 4.69) is 21.2 Å². The molecule has 0 saturated carbocycles. The Kier molecular flexibility index (Phi) is 4.85. The predicted octanol–water partition coefficient (Wildman–Crippen LogP) is 3.53. The lowest BCUT2D eigenvalue weighted by atomic mass is 10.1. The van der Waals surface area contributed by atoms with Crippen molar-refractivity contribution in [2.24, 2.45) is 0 Å². The zero-order valence-electron chi connectivity index (χ0n) is 11.9. The number of nitrogen functional groups attached to an aromatic ring is 1. The van der Waals surface area contributed by atoms with Crippen LogP contribution >= 0.6 is 15.9 Å². The first-order valence-corrected chi connectivity index (χ1v) is 7.31. The van der Waals surface area contributed by atoms with E-state index >= 15 is 0 Å². The molecule has 0 bridgehead atoms. The number of para-hydroxylation sites is 1. The van der Waals surface area contributed by atoms with Crippen LogP contribution in [0.1, 0.15) is 28.9 Å². The second kappa shape index (κ2) is 6.63. The third kappa shape index (κ3) is 3.36. The number of halogens is 1. The Morgan fingerprint density at radius 1 is 1.24 bits per heavy atom. The average Bonchev–Trinajstić information content (AvgIpc) is 2.49. The molecule has 5 heteroatoms. The molecule has 0 fully saturated rings. The zero-order valence-corrected chi connectivity index (χ0v) is 13.5. The van der Waals surface area contributed by atoms with Crippen molar-refractivity contribution in [2.75, 3.05) is 12.8 Å². The summed E-state index contributed by atoms with van der Waals surface area (Å²) in [6.45, 7) is 1.91. The maximum Gasteiger partial charge on any atom is 0.252 e. The second-order valence-electron chi connectivity index (χ2n) is 4.65. The van der Waals surface area contributed by atoms with Gasteiger partial charge in [0.1, 0.15) is 5.75 Å². The number of benzene rings is 2. The molecule has 0 aliphatic heterocycles. The van der Waals surface area contributed by atoms with Gasteiger partial charge < -0.3 is 15.8 Å². The number of methoxy groups -OCH3 is 1. The highest BCUT2D eigenvalue weighted by Gasteiger charge is 2.17. The van der Waals surface area contributed by atoms with E-state index in [-0.39, 0.29) is 11.9 Å². The quantitative estimate of drug-likeness (QED) is 0.830. The molecule has 0 aliphatic rings. The van der Waals surface area contributed by atoms with Crippen molar-refractivity contribution in [1.29, 1.82) is 0 Å². The van der Waals surface area contributed by atoms with Crippen LogP contribution in [0.4, 0.5) is 5.69 Å². The molecule has 3 N–H and O–H groups in total. The highest BCUT2D eigenvalue weighted by molar-refractivity contribution is 9.10. The van der Waals surface area contributed by atoms with Crippen LogP contribution in [0.2, 0.25) is 0 Å². The van der Waals surface area contributed by atoms with E-state index in [1.54, 1.807) is 25.3 Å². The Labute approximate surface area is 132 Å². The summed E-state index contributed by atoms with van der Waals surface area (Å²) in [6.07, 6.45) is 0. The fourth-order valence-corrected chi connectivity index (χ4v) is 2.55. The molecule has 0 heterocycles. The van der Waals surface area contributed by atoms with Gasteiger partial charge in [0.25, 0.3) is 5.91 Å². The number of hydrogen-bond donors (Lipinski definition) is 2. The van der Waals surface area contributed by atoms with Crippen LogP contribution in [0.3, 0.4) is 0 Å². The maximum absolute atomic E-state index is 12.4. The summed E-state index contributed by atoms with van der Waals surface area (Å²) in [5.74, 6) is 0.560. The lowest BCUT2D eigenvalue weighted by Crippen LogP contribution is -2.27. The summed E-state index contributed by atoms with van der Waals surface area (Å²) in [4.78, 5) is 12.4. The number of anilines is 1. The molecule has 0 aromatic heterocycles. The van der Waals surface area contributed by atoms with Crippen LogP contribution < -0.4 is 15.8 Å². The van der Waals surface area contributed by atoms with E-state index in [4.69, 9.17) is 10.5 Å². The number of nitrogens with two attached hydrogens (primary N) is 1. The monoisotopic (exact) mass is 348 g/mol. The molecule has 0 saturated heterocycles. The van der Waals surface area contributed by atoms with Crippen molar-refractivity contribution >= 4 is 27.5 Å². The highest BCUT2D eigenvalue weighted by atomic mass is 79.9. The molecule has 2 rings (SSSR count). The summed E-state index contributed by atoms with van der Waals surface area (Å²) in [7, 11) is 1.61. The molecule has 21 heavy (non-hydrogen) atoms. The predicted molar refractivity (Wildman–Crippen MR) is 87.4 cm³/mol. The Hall–Kier alpha value is -2.01. The molecular weight excluding hydrogens is 332 g/mol. The molecule has 0 radical (unpaired) electrons. The first-order valence-electron chi connectivity index (χ1n) is 6.52. The minimum Gasteiger partial charge on any atom is -0.496 e. The van der Waals surface area contributed by atoms with Crippen molar-refractivity contribution in [3.05, 3.63) is 58.1 Å². The third-order valence-electron chi connectivity index (χ3n) is 3.23. The van der Waals surface area contributed by atoms with Crippen molar-refractivity contribution < 1.29 is 9.53 Å². The van der Waals surface area contributed by atoms with Gasteiger partial charge in [-0.2, -0.15) is 0 Å². The fraction of sp³-hybridized carbons (Fsp3) is 0.188. The van der Waals surface area contributed by atoms with Crippen LogP contribution in [-0.4, -0.2) is 13.0 Å². The van der Waals surface area contributed by atoms with Gasteiger partial charge in [0.05, 0.1) is 23.2 Å². The first kappa shape index (κ1) is 15.4. The lowest BCUT2D eigenvalue weighted by molar-refractivity contribution is 0.0939. The van der Waals surface area contributed by atoms with Crippen molar-refractivity contribution in [3.8, 4) is 5.75 Å². The maximum atomic E-state index is 12.4. The fourth-order valence-electron chi connectivity index (χ4n) is 2.10. The van der Waals surface area contributed by atoms with E-state index in [1.807, 2.05) is 31.2 Å². The van der Waals surface area contributed by atoms with Crippen LogP contribution in [0.15, 0.2) is 46.9 Å². The number of carbonyl (C=O) groups is 1. The molecule has 0 spiro atoms. The van der Waals surface area contributed by atoms with E-state index < -0.39 is 0 Å². The smallest absolute Gasteiger partial charge is 0.252 e. The first-order chi connectivity index (χ1) is 10.0. The summed E-state index contributed by atoms with van der Waals surface area (Å²) in [5, 5.41) is 2.95. The Bertz CT molecular complexity index is 658. The average molecular weight is 349 g/mol. The van der Waals surface area contributed by atoms with Gasteiger partial charge in [-0.15, -0.1) is 0 Å². The van der Waals surface area contributed by atoms with Crippen LogP contribution in [0.5, 0.6) is 5.75 Å². The Morgan fingerprint density at radius 3 is 2.67 bits per heavy atom. The summed E-state index contributed by atoms with van der Waals surface area (Å²) < 4.78 is 5.92. The molecule has 2 aromatic carbocycles. The van der Waals surface area contributed by atoms with Crippen molar-refractivity contribution in [2.45, 2.75) is 13.0 Å². The van der Waals surface area contributed by atoms with E-state index in [1.165, 1.54) is 0 Å². The van der Waals surface area contributed by atoms with Crippen molar-refractivity contribution in [1.82, 2.24) is 5.32 Å². The minimum absolute atomic E-state index is 0.179. The van der Waals surface area contributed by atoms with Gasteiger partial charge >= 0.3 is 0 Å². The second-order valence-corrected chi connectivity index (χ2v) is 5.44. The van der Waals surface area contributed by atoms with Gasteiger partial charge in [-0.1, -0.05) is 24.3 Å². The Balaban J connectivity index is 2.21. The van der Waals surface area contributed by atoms with Crippen LogP contribution in [0, 0.1) is 0 Å². The number of rotatable bonds is 4. The van der Waals surface area contributed by atoms with Gasteiger partial charge in [-0.05, 0) is 41.1 Å². The summed E-state index contributed by atoms with van der Waals surface area (Å²) in [5.41, 5.74) is 7.77. The van der Waals surface area contributed by atoms with E-state index in [9.17, 15) is 4.79 Å². The number of nitrogens with one attached hydrogen (secondary N) is 1. The molecule has 110 valence electrons. The van der Waals surface area contributed by atoms with Crippen LogP contribution in [0.25, 0.3) is 0 Å². The third-order valence-corrected chi connectivity index (χ3v) is 4.11. The number of carbonyl (C=O) groups excluding carboxylic acids is 1. The van der Waals surface area contributed by atoms with Gasteiger partial charge in [-0.25, -0.2) is 0 Å². The number of amides is 1. The highest BCUT2D eigenvalue weighted by Crippen LogP contribution is 2.27. The van der Waals surface area contributed by atoms with Crippen LogP contribution in [-0.2, 0) is 0 Å². The minimum atomic E-state index is -0.187. The topological polar surface area (TPSA) is 64.3 Å². The molecule has 1 atom stereocenters. The van der Waals surface area contributed by atoms with E-state index in [0.717, 1.165) is 11.3 Å². The molecular formula is C16H17BrN2O2. The van der Waals surface area contributed by atoms with Gasteiger partial charge in [0, 0.05) is 11.3 Å². The van der Waals surface area contributed by atoms with Gasteiger partial charge in [0.2, 0.25) is 0 Å². The normalized spacial score (nSPS) is 11.8. The standard InChI is InChI=1S/C16H17BrN2O2/c1-10(11-6-3-4-9-14(11)21-2)19-16(20)12-7-5-8-13(18)15(12)17/h3-10H,18H2,1-2H3,(H,19,20). The van der Waals surface area contributed by atoms with E-state index in [0.29, 0.717) is 15.7 Å². The Morgan fingerprint density at radius 2 is 1.95 bits per heavy atom. The summed E-state index contributed by atoms with van der Waals surface area (Å²) >= 11 is 3.34. The SMILES string of the molecule is COc1ccccc1C(C)NC(=O)c1cccc(N)c1Br. The largest absolute Gasteiger partial charge is 0.496 e. The lowest BCUT2D eigenvalue weighted by Gasteiger charge is -2.18.